The summed E-state index contributed by atoms with van der Waals surface area (Å²) in [7, 11) is 0. The standard InChI is InChI=1S/C10H18FNO2/c1-10(2,3)14-9(13)5-8-4-7(11)6-12-8/h7-8,12H,4-6H2,1-3H3/t7-,8+/m1/s1. The van der Waals surface area contributed by atoms with Gasteiger partial charge >= 0.3 is 5.97 Å². The molecule has 0 aromatic carbocycles. The van der Waals surface area contributed by atoms with Gasteiger partial charge < -0.3 is 10.1 Å². The molecule has 1 fully saturated rings. The molecule has 0 spiro atoms. The minimum Gasteiger partial charge on any atom is -0.460 e. The zero-order valence-electron chi connectivity index (χ0n) is 8.97. The number of carbonyl (C=O) groups is 1. The van der Waals surface area contributed by atoms with Crippen molar-refractivity contribution in [3.63, 3.8) is 0 Å². The highest BCUT2D eigenvalue weighted by molar-refractivity contribution is 5.70. The number of carbonyl (C=O) groups excluding carboxylic acids is 1. The topological polar surface area (TPSA) is 38.3 Å². The van der Waals surface area contributed by atoms with Gasteiger partial charge in [0.2, 0.25) is 0 Å². The lowest BCUT2D eigenvalue weighted by atomic mass is 10.1. The van der Waals surface area contributed by atoms with Gasteiger partial charge in [0.1, 0.15) is 11.8 Å². The molecule has 0 amide bonds. The molecule has 0 aromatic heterocycles. The lowest BCUT2D eigenvalue weighted by Crippen LogP contribution is -2.30. The van der Waals surface area contributed by atoms with Gasteiger partial charge in [-0.15, -0.1) is 0 Å². The Hall–Kier alpha value is -0.640. The molecule has 0 unspecified atom stereocenters. The summed E-state index contributed by atoms with van der Waals surface area (Å²) in [4.78, 5) is 11.3. The van der Waals surface area contributed by atoms with Crippen molar-refractivity contribution in [2.24, 2.45) is 0 Å². The van der Waals surface area contributed by atoms with Crippen LogP contribution in [0.15, 0.2) is 0 Å². The van der Waals surface area contributed by atoms with E-state index >= 15 is 0 Å². The fraction of sp³-hybridized carbons (Fsp3) is 0.900. The molecule has 14 heavy (non-hydrogen) atoms. The first-order chi connectivity index (χ1) is 6.37. The molecule has 0 aromatic rings. The Balaban J connectivity index is 2.27. The molecule has 1 aliphatic heterocycles. The van der Waals surface area contributed by atoms with Gasteiger partial charge in [-0.05, 0) is 27.2 Å². The average molecular weight is 203 g/mol. The number of alkyl halides is 1. The van der Waals surface area contributed by atoms with Crippen molar-refractivity contribution in [3.05, 3.63) is 0 Å². The zero-order chi connectivity index (χ0) is 10.8. The second-order valence-corrected chi connectivity index (χ2v) is 4.73. The first kappa shape index (κ1) is 11.4. The van der Waals surface area contributed by atoms with Crippen LogP contribution in [0.1, 0.15) is 33.6 Å². The summed E-state index contributed by atoms with van der Waals surface area (Å²) < 4.78 is 17.9. The first-order valence-electron chi connectivity index (χ1n) is 4.96. The second kappa shape index (κ2) is 4.26. The van der Waals surface area contributed by atoms with E-state index < -0.39 is 11.8 Å². The van der Waals surface area contributed by atoms with Gasteiger partial charge in [0.25, 0.3) is 0 Å². The molecule has 1 heterocycles. The number of halogens is 1. The predicted molar refractivity (Wildman–Crippen MR) is 51.8 cm³/mol. The third-order valence-corrected chi connectivity index (χ3v) is 2.00. The Labute approximate surface area is 84.0 Å². The van der Waals surface area contributed by atoms with Crippen molar-refractivity contribution in [2.45, 2.75) is 51.4 Å². The van der Waals surface area contributed by atoms with Gasteiger partial charge in [0.15, 0.2) is 0 Å². The lowest BCUT2D eigenvalue weighted by Gasteiger charge is -2.20. The normalized spacial score (nSPS) is 27.7. The van der Waals surface area contributed by atoms with Crippen molar-refractivity contribution in [3.8, 4) is 0 Å². The molecule has 0 aliphatic carbocycles. The van der Waals surface area contributed by atoms with Crippen LogP contribution in [0, 0.1) is 0 Å². The van der Waals surface area contributed by atoms with E-state index in [0.717, 1.165) is 0 Å². The maximum atomic E-state index is 12.7. The third-order valence-electron chi connectivity index (χ3n) is 2.00. The molecule has 2 atom stereocenters. The molecule has 82 valence electrons. The number of nitrogens with one attached hydrogen (secondary N) is 1. The monoisotopic (exact) mass is 203 g/mol. The molecular formula is C10H18FNO2. The summed E-state index contributed by atoms with van der Waals surface area (Å²) >= 11 is 0. The van der Waals surface area contributed by atoms with Crippen molar-refractivity contribution in [1.82, 2.24) is 5.32 Å². The lowest BCUT2D eigenvalue weighted by molar-refractivity contribution is -0.155. The largest absolute Gasteiger partial charge is 0.460 e. The van der Waals surface area contributed by atoms with Gasteiger partial charge in [0, 0.05) is 12.6 Å². The van der Waals surface area contributed by atoms with Crippen molar-refractivity contribution >= 4 is 5.97 Å². The quantitative estimate of drug-likeness (QED) is 0.690. The Kier molecular flexibility index (Phi) is 3.48. The van der Waals surface area contributed by atoms with Crippen molar-refractivity contribution in [2.75, 3.05) is 6.54 Å². The van der Waals surface area contributed by atoms with Gasteiger partial charge in [-0.1, -0.05) is 0 Å². The van der Waals surface area contributed by atoms with Crippen LogP contribution in [0.25, 0.3) is 0 Å². The predicted octanol–water partition coefficient (Wildman–Crippen LogP) is 1.42. The van der Waals surface area contributed by atoms with E-state index in [2.05, 4.69) is 5.32 Å². The summed E-state index contributed by atoms with van der Waals surface area (Å²) in [6.07, 6.45) is -0.140. The Morgan fingerprint density at radius 1 is 1.57 bits per heavy atom. The minimum absolute atomic E-state index is 0.0557. The van der Waals surface area contributed by atoms with Crippen molar-refractivity contribution in [1.29, 1.82) is 0 Å². The summed E-state index contributed by atoms with van der Waals surface area (Å²) in [6, 6.07) is -0.0557. The molecule has 3 nitrogen and oxygen atoms in total. The molecule has 1 saturated heterocycles. The zero-order valence-corrected chi connectivity index (χ0v) is 8.97. The van der Waals surface area contributed by atoms with Crippen molar-refractivity contribution < 1.29 is 13.9 Å². The SMILES string of the molecule is CC(C)(C)OC(=O)C[C@@H]1C[C@@H](F)CN1. The van der Waals surface area contributed by atoms with E-state index in [4.69, 9.17) is 4.74 Å². The highest BCUT2D eigenvalue weighted by Gasteiger charge is 2.27. The highest BCUT2D eigenvalue weighted by Crippen LogP contribution is 2.15. The van der Waals surface area contributed by atoms with Gasteiger partial charge in [-0.2, -0.15) is 0 Å². The van der Waals surface area contributed by atoms with E-state index in [-0.39, 0.29) is 18.4 Å². The molecule has 0 bridgehead atoms. The van der Waals surface area contributed by atoms with Crippen LogP contribution in [0.4, 0.5) is 4.39 Å². The fourth-order valence-corrected chi connectivity index (χ4v) is 1.51. The summed E-state index contributed by atoms with van der Waals surface area (Å²) in [5.41, 5.74) is -0.454. The number of hydrogen-bond donors (Lipinski definition) is 1. The van der Waals surface area contributed by atoms with Crippen LogP contribution in [0.2, 0.25) is 0 Å². The maximum Gasteiger partial charge on any atom is 0.307 e. The van der Waals surface area contributed by atoms with Gasteiger partial charge in [0.05, 0.1) is 6.42 Å². The van der Waals surface area contributed by atoms with E-state index in [9.17, 15) is 9.18 Å². The molecule has 1 rings (SSSR count). The van der Waals surface area contributed by atoms with E-state index in [1.54, 1.807) is 0 Å². The van der Waals surface area contributed by atoms with E-state index in [0.29, 0.717) is 13.0 Å². The Bertz CT molecular complexity index is 213. The second-order valence-electron chi connectivity index (χ2n) is 4.73. The number of rotatable bonds is 2. The van der Waals surface area contributed by atoms with Crippen LogP contribution in [0.5, 0.6) is 0 Å². The van der Waals surface area contributed by atoms with Crippen LogP contribution < -0.4 is 5.32 Å². The molecule has 0 radical (unpaired) electrons. The smallest absolute Gasteiger partial charge is 0.307 e. The summed E-state index contributed by atoms with van der Waals surface area (Å²) in [6.45, 7) is 5.83. The summed E-state index contributed by atoms with van der Waals surface area (Å²) in [5.74, 6) is -0.260. The number of hydrogen-bond acceptors (Lipinski definition) is 3. The summed E-state index contributed by atoms with van der Waals surface area (Å²) in [5, 5.41) is 2.95. The van der Waals surface area contributed by atoms with Crippen LogP contribution in [0.3, 0.4) is 0 Å². The minimum atomic E-state index is -0.817. The number of esters is 1. The molecular weight excluding hydrogens is 185 g/mol. The molecule has 0 saturated carbocycles. The van der Waals surface area contributed by atoms with E-state index in [1.165, 1.54) is 0 Å². The third kappa shape index (κ3) is 4.05. The van der Waals surface area contributed by atoms with Crippen LogP contribution in [-0.4, -0.2) is 30.3 Å². The average Bonchev–Trinajstić information content (AvgIpc) is 2.30. The highest BCUT2D eigenvalue weighted by atomic mass is 19.1. The van der Waals surface area contributed by atoms with Gasteiger partial charge in [-0.3, -0.25) is 4.79 Å². The molecule has 4 heteroatoms. The molecule has 1 aliphatic rings. The maximum absolute atomic E-state index is 12.7. The van der Waals surface area contributed by atoms with Gasteiger partial charge in [-0.25, -0.2) is 4.39 Å². The fourth-order valence-electron chi connectivity index (χ4n) is 1.51. The van der Waals surface area contributed by atoms with Crippen LogP contribution >= 0.6 is 0 Å². The first-order valence-corrected chi connectivity index (χ1v) is 4.96. The van der Waals surface area contributed by atoms with E-state index in [1.807, 2.05) is 20.8 Å². The number of ether oxygens (including phenoxy) is 1. The molecule has 1 N–H and O–H groups in total. The Morgan fingerprint density at radius 2 is 2.21 bits per heavy atom. The van der Waals surface area contributed by atoms with Crippen LogP contribution in [-0.2, 0) is 9.53 Å². The Morgan fingerprint density at radius 3 is 2.64 bits per heavy atom.